The van der Waals surface area contributed by atoms with Crippen LogP contribution in [0.3, 0.4) is 0 Å². The molecule has 0 unspecified atom stereocenters. The summed E-state index contributed by atoms with van der Waals surface area (Å²) in [4.78, 5) is 9.15. The van der Waals surface area contributed by atoms with E-state index in [-0.39, 0.29) is 0 Å². The SMILES string of the molecule is CCc1nc(C)nc(CC)c1CCNC1CC1. The highest BCUT2D eigenvalue weighted by Crippen LogP contribution is 2.19. The zero-order valence-electron chi connectivity index (χ0n) is 11.2. The fourth-order valence-corrected chi connectivity index (χ4v) is 2.28. The predicted molar refractivity (Wildman–Crippen MR) is 70.3 cm³/mol. The van der Waals surface area contributed by atoms with E-state index in [0.29, 0.717) is 0 Å². The highest BCUT2D eigenvalue weighted by Gasteiger charge is 2.20. The maximum Gasteiger partial charge on any atom is 0.125 e. The van der Waals surface area contributed by atoms with Gasteiger partial charge in [-0.3, -0.25) is 0 Å². The lowest BCUT2D eigenvalue weighted by molar-refractivity contribution is 0.670. The van der Waals surface area contributed by atoms with Gasteiger partial charge in [0.15, 0.2) is 0 Å². The van der Waals surface area contributed by atoms with Gasteiger partial charge in [0, 0.05) is 17.4 Å². The molecule has 0 atom stereocenters. The third kappa shape index (κ3) is 3.25. The summed E-state index contributed by atoms with van der Waals surface area (Å²) in [6, 6.07) is 0.788. The van der Waals surface area contributed by atoms with Crippen molar-refractivity contribution in [3.63, 3.8) is 0 Å². The molecule has 0 spiro atoms. The second-order valence-electron chi connectivity index (χ2n) is 4.83. The Kier molecular flexibility index (Phi) is 4.11. The van der Waals surface area contributed by atoms with Crippen LogP contribution in [-0.2, 0) is 19.3 Å². The van der Waals surface area contributed by atoms with Crippen LogP contribution >= 0.6 is 0 Å². The Bertz CT molecular complexity index is 358. The molecule has 3 heteroatoms. The van der Waals surface area contributed by atoms with Gasteiger partial charge in [-0.05, 0) is 51.1 Å². The van der Waals surface area contributed by atoms with E-state index in [2.05, 4.69) is 29.1 Å². The number of hydrogen-bond acceptors (Lipinski definition) is 3. The van der Waals surface area contributed by atoms with Crippen molar-refractivity contribution in [2.45, 2.75) is 58.9 Å². The van der Waals surface area contributed by atoms with E-state index in [0.717, 1.165) is 37.7 Å². The van der Waals surface area contributed by atoms with Gasteiger partial charge in [-0.1, -0.05) is 13.8 Å². The van der Waals surface area contributed by atoms with Gasteiger partial charge in [0.1, 0.15) is 5.82 Å². The first kappa shape index (κ1) is 12.5. The Morgan fingerprint density at radius 1 is 1.12 bits per heavy atom. The van der Waals surface area contributed by atoms with Gasteiger partial charge >= 0.3 is 0 Å². The minimum Gasteiger partial charge on any atom is -0.314 e. The van der Waals surface area contributed by atoms with Crippen LogP contribution in [0.15, 0.2) is 0 Å². The molecule has 1 fully saturated rings. The Balaban J connectivity index is 2.10. The molecular formula is C14H23N3. The summed E-state index contributed by atoms with van der Waals surface area (Å²) in [5, 5.41) is 3.57. The topological polar surface area (TPSA) is 37.8 Å². The van der Waals surface area contributed by atoms with Gasteiger partial charge < -0.3 is 5.32 Å². The monoisotopic (exact) mass is 233 g/mol. The highest BCUT2D eigenvalue weighted by molar-refractivity contribution is 5.26. The quantitative estimate of drug-likeness (QED) is 0.818. The van der Waals surface area contributed by atoms with Gasteiger partial charge in [0.05, 0.1) is 0 Å². The number of nitrogens with one attached hydrogen (secondary N) is 1. The van der Waals surface area contributed by atoms with Crippen LogP contribution in [0.25, 0.3) is 0 Å². The summed E-state index contributed by atoms with van der Waals surface area (Å²) in [5.41, 5.74) is 3.87. The van der Waals surface area contributed by atoms with E-state index in [1.165, 1.54) is 29.8 Å². The van der Waals surface area contributed by atoms with Crippen LogP contribution in [-0.4, -0.2) is 22.6 Å². The average Bonchev–Trinajstić information content (AvgIpc) is 3.14. The van der Waals surface area contributed by atoms with Crippen molar-refractivity contribution in [3.05, 3.63) is 22.8 Å². The molecule has 1 aromatic rings. The molecule has 0 saturated heterocycles. The van der Waals surface area contributed by atoms with Gasteiger partial charge in [0.2, 0.25) is 0 Å². The normalized spacial score (nSPS) is 15.2. The van der Waals surface area contributed by atoms with E-state index in [1.54, 1.807) is 0 Å². The lowest BCUT2D eigenvalue weighted by Crippen LogP contribution is -2.21. The standard InChI is InChI=1S/C14H23N3/c1-4-13-12(8-9-15-11-6-7-11)14(5-2)17-10(3)16-13/h11,15H,4-9H2,1-3H3. The Morgan fingerprint density at radius 2 is 1.71 bits per heavy atom. The second-order valence-corrected chi connectivity index (χ2v) is 4.83. The van der Waals surface area contributed by atoms with Gasteiger partial charge in [0.25, 0.3) is 0 Å². The van der Waals surface area contributed by atoms with Crippen LogP contribution < -0.4 is 5.32 Å². The van der Waals surface area contributed by atoms with Gasteiger partial charge in [-0.2, -0.15) is 0 Å². The smallest absolute Gasteiger partial charge is 0.125 e. The molecule has 94 valence electrons. The van der Waals surface area contributed by atoms with Crippen molar-refractivity contribution in [2.24, 2.45) is 0 Å². The minimum absolute atomic E-state index is 0.788. The number of nitrogens with zero attached hydrogens (tertiary/aromatic N) is 2. The summed E-state index contributed by atoms with van der Waals surface area (Å²) in [5.74, 6) is 0.914. The van der Waals surface area contributed by atoms with E-state index in [9.17, 15) is 0 Å². The van der Waals surface area contributed by atoms with E-state index in [4.69, 9.17) is 0 Å². The zero-order valence-corrected chi connectivity index (χ0v) is 11.2. The first-order valence-electron chi connectivity index (χ1n) is 6.83. The van der Waals surface area contributed by atoms with E-state index < -0.39 is 0 Å². The first-order valence-corrected chi connectivity index (χ1v) is 6.83. The lowest BCUT2D eigenvalue weighted by atomic mass is 10.0. The minimum atomic E-state index is 0.788. The van der Waals surface area contributed by atoms with Crippen molar-refractivity contribution in [2.75, 3.05) is 6.54 Å². The molecule has 17 heavy (non-hydrogen) atoms. The molecule has 0 aromatic carbocycles. The molecule has 0 bridgehead atoms. The second kappa shape index (κ2) is 5.58. The summed E-state index contributed by atoms with van der Waals surface area (Å²) in [6.45, 7) is 7.42. The number of aromatic nitrogens is 2. The van der Waals surface area contributed by atoms with Gasteiger partial charge in [-0.25, -0.2) is 9.97 Å². The van der Waals surface area contributed by atoms with Crippen LogP contribution in [0.2, 0.25) is 0 Å². The van der Waals surface area contributed by atoms with Crippen molar-refractivity contribution >= 4 is 0 Å². The number of hydrogen-bond donors (Lipinski definition) is 1. The fraction of sp³-hybridized carbons (Fsp3) is 0.714. The summed E-state index contributed by atoms with van der Waals surface area (Å²) in [6.07, 6.45) is 5.80. The van der Waals surface area contributed by atoms with Crippen molar-refractivity contribution in [1.29, 1.82) is 0 Å². The summed E-state index contributed by atoms with van der Waals surface area (Å²) < 4.78 is 0. The number of rotatable bonds is 6. The molecule has 2 rings (SSSR count). The maximum absolute atomic E-state index is 4.57. The molecular weight excluding hydrogens is 210 g/mol. The van der Waals surface area contributed by atoms with Gasteiger partial charge in [-0.15, -0.1) is 0 Å². The molecule has 1 saturated carbocycles. The van der Waals surface area contributed by atoms with Crippen molar-refractivity contribution in [3.8, 4) is 0 Å². The molecule has 1 N–H and O–H groups in total. The Hall–Kier alpha value is -0.960. The Morgan fingerprint density at radius 3 is 2.18 bits per heavy atom. The third-order valence-corrected chi connectivity index (χ3v) is 3.35. The fourth-order valence-electron chi connectivity index (χ4n) is 2.28. The largest absolute Gasteiger partial charge is 0.314 e. The third-order valence-electron chi connectivity index (χ3n) is 3.35. The maximum atomic E-state index is 4.57. The number of aryl methyl sites for hydroxylation is 3. The van der Waals surface area contributed by atoms with Crippen molar-refractivity contribution in [1.82, 2.24) is 15.3 Å². The predicted octanol–water partition coefficient (Wildman–Crippen LogP) is 2.20. The first-order chi connectivity index (χ1) is 8.24. The van der Waals surface area contributed by atoms with Crippen molar-refractivity contribution < 1.29 is 0 Å². The summed E-state index contributed by atoms with van der Waals surface area (Å²) >= 11 is 0. The summed E-state index contributed by atoms with van der Waals surface area (Å²) in [7, 11) is 0. The van der Waals surface area contributed by atoms with Crippen LogP contribution in [0.5, 0.6) is 0 Å². The zero-order chi connectivity index (χ0) is 12.3. The van der Waals surface area contributed by atoms with E-state index >= 15 is 0 Å². The van der Waals surface area contributed by atoms with Crippen LogP contribution in [0.1, 0.15) is 49.5 Å². The molecule has 1 aliphatic rings. The highest BCUT2D eigenvalue weighted by atomic mass is 14.9. The van der Waals surface area contributed by atoms with E-state index in [1.807, 2.05) is 6.92 Å². The molecule has 1 aliphatic carbocycles. The molecule has 1 heterocycles. The van der Waals surface area contributed by atoms with Crippen LogP contribution in [0, 0.1) is 6.92 Å². The molecule has 0 radical (unpaired) electrons. The molecule has 3 nitrogen and oxygen atoms in total. The molecule has 1 aromatic heterocycles. The average molecular weight is 233 g/mol. The van der Waals surface area contributed by atoms with Crippen LogP contribution in [0.4, 0.5) is 0 Å². The Labute approximate surface area is 104 Å². The lowest BCUT2D eigenvalue weighted by Gasteiger charge is -2.13. The molecule has 0 amide bonds. The molecule has 0 aliphatic heterocycles.